The molecule has 1 aliphatic carbocycles. The molecule has 3 aromatic rings. The number of carbonyl (C=O) groups excluding carboxylic acids is 1. The van der Waals surface area contributed by atoms with Crippen molar-refractivity contribution in [3.63, 3.8) is 0 Å². The highest BCUT2D eigenvalue weighted by Gasteiger charge is 2.30. The largest absolute Gasteiger partial charge is 0.348 e. The third-order valence-corrected chi connectivity index (χ3v) is 4.67. The summed E-state index contributed by atoms with van der Waals surface area (Å²) in [6.45, 7) is 4.05. The summed E-state index contributed by atoms with van der Waals surface area (Å²) in [5.41, 5.74) is 3.88. The van der Waals surface area contributed by atoms with Crippen LogP contribution in [0.1, 0.15) is 35.9 Å². The van der Waals surface area contributed by atoms with Crippen molar-refractivity contribution in [2.45, 2.75) is 32.7 Å². The van der Waals surface area contributed by atoms with Crippen LogP contribution in [0.15, 0.2) is 42.7 Å². The van der Waals surface area contributed by atoms with Gasteiger partial charge in [-0.2, -0.15) is 0 Å². The molecule has 0 aliphatic heterocycles. The minimum absolute atomic E-state index is 0.144. The van der Waals surface area contributed by atoms with Crippen LogP contribution in [0, 0.1) is 12.8 Å². The molecule has 1 amide bonds. The average molecular weight is 320 g/mol. The van der Waals surface area contributed by atoms with Crippen LogP contribution in [0.3, 0.4) is 0 Å². The summed E-state index contributed by atoms with van der Waals surface area (Å²) < 4.78 is 1.86. The Balaban J connectivity index is 1.74. The lowest BCUT2D eigenvalue weighted by Gasteiger charge is -2.11. The number of fused-ring (bicyclic) bond motifs is 1. The van der Waals surface area contributed by atoms with E-state index in [1.807, 2.05) is 47.7 Å². The Hall–Kier alpha value is -2.69. The lowest BCUT2D eigenvalue weighted by atomic mass is 10.1. The molecule has 2 aromatic heterocycles. The van der Waals surface area contributed by atoms with Gasteiger partial charge in [-0.05, 0) is 38.7 Å². The Morgan fingerprint density at radius 3 is 2.75 bits per heavy atom. The molecule has 0 bridgehead atoms. The van der Waals surface area contributed by atoms with E-state index in [-0.39, 0.29) is 11.9 Å². The summed E-state index contributed by atoms with van der Waals surface area (Å²) in [6, 6.07) is 12.2. The second-order valence-corrected chi connectivity index (χ2v) is 6.54. The maximum atomic E-state index is 12.6. The Morgan fingerprint density at radius 1 is 1.29 bits per heavy atom. The molecule has 5 heteroatoms. The highest BCUT2D eigenvalue weighted by molar-refractivity contribution is 5.98. The van der Waals surface area contributed by atoms with Crippen LogP contribution in [0.5, 0.6) is 0 Å². The van der Waals surface area contributed by atoms with Gasteiger partial charge in [-0.15, -0.1) is 0 Å². The molecule has 1 fully saturated rings. The lowest BCUT2D eigenvalue weighted by Crippen LogP contribution is -2.34. The zero-order valence-corrected chi connectivity index (χ0v) is 13.9. The molecule has 1 aliphatic rings. The fraction of sp³-hybridized carbons (Fsp3) is 0.316. The van der Waals surface area contributed by atoms with Gasteiger partial charge in [0.05, 0.1) is 5.69 Å². The SMILES string of the molecule is Cc1cc(-c2ccccc2)nc2c(C(=O)N[C@@H](C)C3CC3)ncn12. The number of hydrogen-bond acceptors (Lipinski definition) is 3. The van der Waals surface area contributed by atoms with E-state index in [4.69, 9.17) is 4.98 Å². The molecule has 1 aromatic carbocycles. The van der Waals surface area contributed by atoms with E-state index in [1.165, 1.54) is 12.8 Å². The molecular formula is C19H20N4O. The van der Waals surface area contributed by atoms with E-state index in [2.05, 4.69) is 17.2 Å². The highest BCUT2D eigenvalue weighted by Crippen LogP contribution is 2.32. The number of carbonyl (C=O) groups is 1. The van der Waals surface area contributed by atoms with Crippen LogP contribution in [-0.4, -0.2) is 26.3 Å². The van der Waals surface area contributed by atoms with Crippen molar-refractivity contribution in [1.29, 1.82) is 0 Å². The van der Waals surface area contributed by atoms with Gasteiger partial charge in [0.1, 0.15) is 6.33 Å². The Bertz CT molecular complexity index is 896. The van der Waals surface area contributed by atoms with Crippen molar-refractivity contribution in [3.8, 4) is 11.3 Å². The van der Waals surface area contributed by atoms with Crippen molar-refractivity contribution in [3.05, 3.63) is 54.1 Å². The predicted octanol–water partition coefficient (Wildman–Crippen LogP) is 3.23. The van der Waals surface area contributed by atoms with Gasteiger partial charge < -0.3 is 5.32 Å². The van der Waals surface area contributed by atoms with Gasteiger partial charge in [-0.25, -0.2) is 9.97 Å². The zero-order chi connectivity index (χ0) is 16.7. The van der Waals surface area contributed by atoms with Crippen LogP contribution in [0.25, 0.3) is 16.9 Å². The number of aromatic nitrogens is 3. The molecule has 0 unspecified atom stereocenters. The molecule has 2 heterocycles. The summed E-state index contributed by atoms with van der Waals surface area (Å²) in [5.74, 6) is 0.464. The van der Waals surface area contributed by atoms with E-state index in [0.717, 1.165) is 17.0 Å². The van der Waals surface area contributed by atoms with Gasteiger partial charge in [-0.1, -0.05) is 30.3 Å². The van der Waals surface area contributed by atoms with Gasteiger partial charge in [0, 0.05) is 17.3 Å². The summed E-state index contributed by atoms with van der Waals surface area (Å²) in [4.78, 5) is 21.6. The standard InChI is InChI=1S/C19H20N4O/c1-12-10-16(15-6-4-3-5-7-15)22-18-17(20-11-23(12)18)19(24)21-13(2)14-8-9-14/h3-7,10-11,13-14H,8-9H2,1-2H3,(H,21,24)/t13-/m0/s1. The van der Waals surface area contributed by atoms with Gasteiger partial charge >= 0.3 is 0 Å². The topological polar surface area (TPSA) is 59.3 Å². The van der Waals surface area contributed by atoms with Crippen molar-refractivity contribution < 1.29 is 4.79 Å². The zero-order valence-electron chi connectivity index (χ0n) is 13.9. The average Bonchev–Trinajstić information content (AvgIpc) is 3.35. The number of rotatable bonds is 4. The monoisotopic (exact) mass is 320 g/mol. The van der Waals surface area contributed by atoms with Gasteiger partial charge in [-0.3, -0.25) is 9.20 Å². The Morgan fingerprint density at radius 2 is 2.04 bits per heavy atom. The fourth-order valence-electron chi connectivity index (χ4n) is 3.03. The number of nitrogens with zero attached hydrogens (tertiary/aromatic N) is 3. The number of benzene rings is 1. The first kappa shape index (κ1) is 14.9. The van der Waals surface area contributed by atoms with E-state index >= 15 is 0 Å². The molecule has 0 radical (unpaired) electrons. The normalized spacial score (nSPS) is 15.4. The van der Waals surface area contributed by atoms with E-state index in [0.29, 0.717) is 17.3 Å². The van der Waals surface area contributed by atoms with Crippen molar-refractivity contribution in [2.75, 3.05) is 0 Å². The smallest absolute Gasteiger partial charge is 0.274 e. The summed E-state index contributed by atoms with van der Waals surface area (Å²) >= 11 is 0. The maximum Gasteiger partial charge on any atom is 0.274 e. The molecule has 0 spiro atoms. The number of hydrogen-bond donors (Lipinski definition) is 1. The molecule has 24 heavy (non-hydrogen) atoms. The Kier molecular flexibility index (Phi) is 3.56. The van der Waals surface area contributed by atoms with Crippen LogP contribution in [-0.2, 0) is 0 Å². The Labute approximate surface area is 140 Å². The molecule has 0 saturated heterocycles. The number of aryl methyl sites for hydroxylation is 1. The number of imidazole rings is 1. The lowest BCUT2D eigenvalue weighted by molar-refractivity contribution is 0.0933. The maximum absolute atomic E-state index is 12.6. The van der Waals surface area contributed by atoms with Crippen molar-refractivity contribution in [1.82, 2.24) is 19.7 Å². The second-order valence-electron chi connectivity index (χ2n) is 6.54. The number of amides is 1. The molecule has 1 saturated carbocycles. The summed E-state index contributed by atoms with van der Waals surface area (Å²) in [7, 11) is 0. The summed E-state index contributed by atoms with van der Waals surface area (Å²) in [5, 5.41) is 3.06. The van der Waals surface area contributed by atoms with E-state index in [9.17, 15) is 4.79 Å². The molecular weight excluding hydrogens is 300 g/mol. The predicted molar refractivity (Wildman–Crippen MR) is 92.8 cm³/mol. The molecule has 1 atom stereocenters. The van der Waals surface area contributed by atoms with Gasteiger partial charge in [0.25, 0.3) is 5.91 Å². The molecule has 1 N–H and O–H groups in total. The van der Waals surface area contributed by atoms with Gasteiger partial charge in [0.2, 0.25) is 0 Å². The van der Waals surface area contributed by atoms with Crippen LogP contribution >= 0.6 is 0 Å². The van der Waals surface area contributed by atoms with Crippen molar-refractivity contribution >= 4 is 11.6 Å². The van der Waals surface area contributed by atoms with Gasteiger partial charge in [0.15, 0.2) is 11.3 Å². The second kappa shape index (κ2) is 5.74. The van der Waals surface area contributed by atoms with Crippen LogP contribution < -0.4 is 5.32 Å². The first-order valence-corrected chi connectivity index (χ1v) is 8.34. The highest BCUT2D eigenvalue weighted by atomic mass is 16.2. The van der Waals surface area contributed by atoms with Crippen LogP contribution in [0.4, 0.5) is 0 Å². The molecule has 4 rings (SSSR count). The molecule has 122 valence electrons. The molecule has 5 nitrogen and oxygen atoms in total. The number of nitrogens with one attached hydrogen (secondary N) is 1. The third-order valence-electron chi connectivity index (χ3n) is 4.67. The first-order chi connectivity index (χ1) is 11.6. The fourth-order valence-corrected chi connectivity index (χ4v) is 3.03. The minimum Gasteiger partial charge on any atom is -0.348 e. The van der Waals surface area contributed by atoms with E-state index in [1.54, 1.807) is 6.33 Å². The third kappa shape index (κ3) is 2.66. The quantitative estimate of drug-likeness (QED) is 0.803. The van der Waals surface area contributed by atoms with E-state index < -0.39 is 0 Å². The van der Waals surface area contributed by atoms with Crippen LogP contribution in [0.2, 0.25) is 0 Å². The summed E-state index contributed by atoms with van der Waals surface area (Å²) in [6.07, 6.45) is 4.06. The van der Waals surface area contributed by atoms with Crippen molar-refractivity contribution in [2.24, 2.45) is 5.92 Å². The first-order valence-electron chi connectivity index (χ1n) is 8.34. The minimum atomic E-state index is -0.144.